The number of aromatic nitrogens is 3. The Morgan fingerprint density at radius 1 is 1.10 bits per heavy atom. The van der Waals surface area contributed by atoms with Crippen molar-refractivity contribution < 1.29 is 14.1 Å². The van der Waals surface area contributed by atoms with Gasteiger partial charge in [0.05, 0.1) is 0 Å². The molecule has 0 aliphatic heterocycles. The molecule has 2 aromatic carbocycles. The number of hydrogen-bond acceptors (Lipinski definition) is 6. The van der Waals surface area contributed by atoms with Crippen LogP contribution in [0, 0.1) is 0 Å². The Labute approximate surface area is 174 Å². The predicted molar refractivity (Wildman–Crippen MR) is 114 cm³/mol. The molecule has 152 valence electrons. The molecule has 0 aliphatic carbocycles. The number of para-hydroxylation sites is 1. The van der Waals surface area contributed by atoms with Crippen LogP contribution in [-0.4, -0.2) is 27.6 Å². The van der Waals surface area contributed by atoms with Crippen molar-refractivity contribution in [2.45, 2.75) is 26.2 Å². The van der Waals surface area contributed by atoms with E-state index >= 15 is 0 Å². The van der Waals surface area contributed by atoms with Crippen molar-refractivity contribution in [3.63, 3.8) is 0 Å². The van der Waals surface area contributed by atoms with Crippen LogP contribution in [0.2, 0.25) is 0 Å². The van der Waals surface area contributed by atoms with Gasteiger partial charge in [0.2, 0.25) is 5.89 Å². The molecule has 2 aromatic heterocycles. The molecule has 2 heterocycles. The van der Waals surface area contributed by atoms with Gasteiger partial charge in [-0.25, -0.2) is 0 Å². The minimum Gasteiger partial charge on any atom is -0.481 e. The third kappa shape index (κ3) is 4.63. The van der Waals surface area contributed by atoms with E-state index < -0.39 is 0 Å². The summed E-state index contributed by atoms with van der Waals surface area (Å²) < 4.78 is 10.9. The molecule has 0 radical (unpaired) electrons. The summed E-state index contributed by atoms with van der Waals surface area (Å²) in [6.45, 7) is 3.92. The van der Waals surface area contributed by atoms with Crippen molar-refractivity contribution in [1.29, 1.82) is 0 Å². The normalized spacial score (nSPS) is 11.0. The summed E-state index contributed by atoms with van der Waals surface area (Å²) >= 11 is 0. The first-order valence-corrected chi connectivity index (χ1v) is 9.76. The number of benzene rings is 2. The van der Waals surface area contributed by atoms with Gasteiger partial charge >= 0.3 is 0 Å². The first-order chi connectivity index (χ1) is 14.6. The summed E-state index contributed by atoms with van der Waals surface area (Å²) in [5.41, 5.74) is 2.46. The van der Waals surface area contributed by atoms with Crippen molar-refractivity contribution in [2.75, 3.05) is 11.9 Å². The highest BCUT2D eigenvalue weighted by atomic mass is 16.5. The number of pyridine rings is 1. The Hall–Kier alpha value is -3.74. The van der Waals surface area contributed by atoms with Crippen LogP contribution in [0.25, 0.3) is 10.9 Å². The van der Waals surface area contributed by atoms with Crippen LogP contribution in [0.3, 0.4) is 0 Å². The fraction of sp³-hybridized carbons (Fsp3) is 0.217. The highest BCUT2D eigenvalue weighted by molar-refractivity contribution is 5.92. The van der Waals surface area contributed by atoms with Gasteiger partial charge in [-0.2, -0.15) is 4.98 Å². The first kappa shape index (κ1) is 19.6. The van der Waals surface area contributed by atoms with Crippen LogP contribution in [0.1, 0.15) is 37.0 Å². The molecule has 1 amide bonds. The Morgan fingerprint density at radius 3 is 2.67 bits per heavy atom. The number of amides is 1. The number of ether oxygens (including phenoxy) is 1. The second-order valence-corrected chi connectivity index (χ2v) is 7.25. The third-order valence-electron chi connectivity index (χ3n) is 4.53. The minimum atomic E-state index is -0.240. The maximum atomic E-state index is 12.3. The van der Waals surface area contributed by atoms with Crippen LogP contribution < -0.4 is 10.1 Å². The topological polar surface area (TPSA) is 90.1 Å². The van der Waals surface area contributed by atoms with Crippen LogP contribution in [0.5, 0.6) is 5.75 Å². The lowest BCUT2D eigenvalue weighted by molar-refractivity contribution is -0.118. The number of fused-ring (bicyclic) bond motifs is 1. The smallest absolute Gasteiger partial charge is 0.262 e. The summed E-state index contributed by atoms with van der Waals surface area (Å²) in [6, 6.07) is 17.0. The molecule has 0 spiro atoms. The van der Waals surface area contributed by atoms with Gasteiger partial charge in [0.1, 0.15) is 11.3 Å². The third-order valence-corrected chi connectivity index (χ3v) is 4.53. The van der Waals surface area contributed by atoms with Gasteiger partial charge in [-0.1, -0.05) is 49.3 Å². The van der Waals surface area contributed by atoms with E-state index in [9.17, 15) is 4.79 Å². The van der Waals surface area contributed by atoms with E-state index in [1.165, 1.54) is 0 Å². The Morgan fingerprint density at radius 2 is 1.90 bits per heavy atom. The summed E-state index contributed by atoms with van der Waals surface area (Å²) in [5.74, 6) is 1.83. The number of nitrogens with one attached hydrogen (secondary N) is 1. The van der Waals surface area contributed by atoms with E-state index in [1.54, 1.807) is 12.3 Å². The number of carbonyl (C=O) groups excluding carboxylic acids is 1. The first-order valence-electron chi connectivity index (χ1n) is 9.76. The zero-order chi connectivity index (χ0) is 20.9. The number of carbonyl (C=O) groups is 1. The van der Waals surface area contributed by atoms with Gasteiger partial charge in [0.15, 0.2) is 12.4 Å². The molecule has 0 aliphatic rings. The average molecular weight is 402 g/mol. The van der Waals surface area contributed by atoms with Gasteiger partial charge in [-0.05, 0) is 29.8 Å². The highest BCUT2D eigenvalue weighted by Gasteiger charge is 2.11. The lowest BCUT2D eigenvalue weighted by Crippen LogP contribution is -2.20. The summed E-state index contributed by atoms with van der Waals surface area (Å²) in [4.78, 5) is 21.0. The second kappa shape index (κ2) is 8.73. The predicted octanol–water partition coefficient (Wildman–Crippen LogP) is 4.35. The number of nitrogens with zero attached hydrogens (tertiary/aromatic N) is 3. The lowest BCUT2D eigenvalue weighted by Gasteiger charge is -2.09. The summed E-state index contributed by atoms with van der Waals surface area (Å²) in [5, 5.41) is 7.80. The van der Waals surface area contributed by atoms with Crippen LogP contribution in [-0.2, 0) is 11.2 Å². The van der Waals surface area contributed by atoms with Crippen LogP contribution in [0.4, 0.5) is 5.69 Å². The molecule has 0 atom stereocenters. The summed E-state index contributed by atoms with van der Waals surface area (Å²) in [6.07, 6.45) is 2.27. The molecular formula is C23H22N4O3. The van der Waals surface area contributed by atoms with Gasteiger partial charge in [-0.15, -0.1) is 0 Å². The molecule has 0 bridgehead atoms. The molecule has 7 nitrogen and oxygen atoms in total. The van der Waals surface area contributed by atoms with E-state index in [0.717, 1.165) is 16.5 Å². The molecule has 4 aromatic rings. The van der Waals surface area contributed by atoms with Gasteiger partial charge in [-0.3, -0.25) is 9.78 Å². The van der Waals surface area contributed by atoms with E-state index in [2.05, 4.69) is 20.4 Å². The van der Waals surface area contributed by atoms with E-state index in [0.29, 0.717) is 29.6 Å². The molecule has 0 saturated carbocycles. The Bertz CT molecular complexity index is 1150. The van der Waals surface area contributed by atoms with Crippen molar-refractivity contribution in [3.05, 3.63) is 78.1 Å². The standard InChI is InChI=1S/C23H22N4O3/c1-15(2)23-26-20(27-30-23)13-16-8-10-18(11-9-16)25-21(28)14-29-19-7-3-5-17-6-4-12-24-22(17)19/h3-12,15H,13-14H2,1-2H3,(H,25,28). The van der Waals surface area contributed by atoms with Gasteiger partial charge in [0.25, 0.3) is 5.91 Å². The molecular weight excluding hydrogens is 380 g/mol. The second-order valence-electron chi connectivity index (χ2n) is 7.25. The van der Waals surface area contributed by atoms with Crippen LogP contribution >= 0.6 is 0 Å². The zero-order valence-corrected chi connectivity index (χ0v) is 16.8. The fourth-order valence-electron chi connectivity index (χ4n) is 3.00. The Kier molecular flexibility index (Phi) is 5.70. The molecule has 30 heavy (non-hydrogen) atoms. The van der Waals surface area contributed by atoms with E-state index in [-0.39, 0.29) is 18.4 Å². The van der Waals surface area contributed by atoms with E-state index in [1.807, 2.05) is 62.4 Å². The SMILES string of the molecule is CC(C)c1nc(Cc2ccc(NC(=O)COc3cccc4cccnc34)cc2)no1. The summed E-state index contributed by atoms with van der Waals surface area (Å²) in [7, 11) is 0. The number of hydrogen-bond donors (Lipinski definition) is 1. The van der Waals surface area contributed by atoms with Gasteiger partial charge < -0.3 is 14.6 Å². The number of anilines is 1. The highest BCUT2D eigenvalue weighted by Crippen LogP contribution is 2.23. The molecule has 0 unspecified atom stereocenters. The maximum absolute atomic E-state index is 12.3. The van der Waals surface area contributed by atoms with Crippen molar-refractivity contribution in [3.8, 4) is 5.75 Å². The van der Waals surface area contributed by atoms with E-state index in [4.69, 9.17) is 9.26 Å². The monoisotopic (exact) mass is 402 g/mol. The largest absolute Gasteiger partial charge is 0.481 e. The minimum absolute atomic E-state index is 0.0989. The molecule has 4 rings (SSSR count). The average Bonchev–Trinajstić information content (AvgIpc) is 3.22. The molecule has 0 fully saturated rings. The maximum Gasteiger partial charge on any atom is 0.262 e. The Balaban J connectivity index is 1.33. The van der Waals surface area contributed by atoms with Crippen molar-refractivity contribution in [2.24, 2.45) is 0 Å². The van der Waals surface area contributed by atoms with Crippen LogP contribution in [0.15, 0.2) is 65.3 Å². The lowest BCUT2D eigenvalue weighted by atomic mass is 10.1. The number of rotatable bonds is 7. The van der Waals surface area contributed by atoms with Crippen molar-refractivity contribution in [1.82, 2.24) is 15.1 Å². The van der Waals surface area contributed by atoms with Gasteiger partial charge in [0, 0.05) is 29.6 Å². The quantitative estimate of drug-likeness (QED) is 0.494. The molecule has 7 heteroatoms. The fourth-order valence-corrected chi connectivity index (χ4v) is 3.00. The molecule has 1 N–H and O–H groups in total. The van der Waals surface area contributed by atoms with Crippen molar-refractivity contribution >= 4 is 22.5 Å². The zero-order valence-electron chi connectivity index (χ0n) is 16.8. The molecule has 0 saturated heterocycles.